The van der Waals surface area contributed by atoms with Crippen LogP contribution in [-0.2, 0) is 0 Å². The van der Waals surface area contributed by atoms with Crippen LogP contribution in [0.15, 0.2) is 35.1 Å². The molecule has 19 heavy (non-hydrogen) atoms. The third kappa shape index (κ3) is 2.21. The van der Waals surface area contributed by atoms with Crippen molar-refractivity contribution < 1.29 is 0 Å². The van der Waals surface area contributed by atoms with Gasteiger partial charge in [0.2, 0.25) is 0 Å². The molecule has 0 saturated heterocycles. The molecular weight excluding hydrogens is 236 g/mol. The van der Waals surface area contributed by atoms with E-state index in [4.69, 9.17) is 0 Å². The molecule has 0 radical (unpaired) electrons. The Bertz CT molecular complexity index is 681. The van der Waals surface area contributed by atoms with Crippen LogP contribution in [0.2, 0.25) is 0 Å². The van der Waals surface area contributed by atoms with Gasteiger partial charge < -0.3 is 4.98 Å². The maximum absolute atomic E-state index is 11.8. The number of benzene rings is 1. The Morgan fingerprint density at radius 2 is 1.84 bits per heavy atom. The van der Waals surface area contributed by atoms with Crippen LogP contribution in [0.4, 0.5) is 0 Å². The van der Waals surface area contributed by atoms with Crippen LogP contribution in [0, 0.1) is 0 Å². The molecule has 0 amide bonds. The van der Waals surface area contributed by atoms with Crippen LogP contribution in [0.1, 0.15) is 48.8 Å². The smallest absolute Gasteiger partial charge is 0.251 e. The Hall–Kier alpha value is -1.90. The quantitative estimate of drug-likeness (QED) is 0.911. The van der Waals surface area contributed by atoms with E-state index in [9.17, 15) is 4.79 Å². The summed E-state index contributed by atoms with van der Waals surface area (Å²) in [4.78, 5) is 19.2. The monoisotopic (exact) mass is 252 g/mol. The van der Waals surface area contributed by atoms with Crippen molar-refractivity contribution >= 4 is 0 Å². The van der Waals surface area contributed by atoms with E-state index in [1.54, 1.807) is 6.07 Å². The summed E-state index contributed by atoms with van der Waals surface area (Å²) in [6, 6.07) is 10.1. The summed E-state index contributed by atoms with van der Waals surface area (Å²) >= 11 is 0. The van der Waals surface area contributed by atoms with E-state index in [-0.39, 0.29) is 5.56 Å². The lowest BCUT2D eigenvalue weighted by Crippen LogP contribution is -2.10. The van der Waals surface area contributed by atoms with E-state index >= 15 is 0 Å². The average Bonchev–Trinajstić information content (AvgIpc) is 3.31. The number of nitrogens with one attached hydrogen (secondary N) is 1. The van der Waals surface area contributed by atoms with Crippen molar-refractivity contribution in [2.24, 2.45) is 0 Å². The highest BCUT2D eigenvalue weighted by Gasteiger charge is 2.26. The Morgan fingerprint density at radius 3 is 2.58 bits per heavy atom. The molecular formula is C16H16N2O. The van der Waals surface area contributed by atoms with Gasteiger partial charge in [0.25, 0.3) is 5.56 Å². The van der Waals surface area contributed by atoms with Crippen LogP contribution in [0.5, 0.6) is 0 Å². The molecule has 2 saturated carbocycles. The highest BCUT2D eigenvalue weighted by Crippen LogP contribution is 2.41. The second kappa shape index (κ2) is 4.05. The van der Waals surface area contributed by atoms with Gasteiger partial charge in [-0.3, -0.25) is 4.79 Å². The van der Waals surface area contributed by atoms with Crippen molar-refractivity contribution in [3.05, 3.63) is 51.9 Å². The fraction of sp³-hybridized carbons (Fsp3) is 0.375. The Morgan fingerprint density at radius 1 is 1.05 bits per heavy atom. The predicted molar refractivity (Wildman–Crippen MR) is 74.2 cm³/mol. The molecule has 0 spiro atoms. The third-order valence-electron chi connectivity index (χ3n) is 3.97. The number of hydrogen-bond acceptors (Lipinski definition) is 2. The standard InChI is InChI=1S/C16H16N2O/c19-15-9-14(11-6-7-11)17-16(18-15)13-3-1-2-12(8-13)10-4-5-10/h1-3,8-11H,4-7H2,(H,17,18,19). The summed E-state index contributed by atoms with van der Waals surface area (Å²) in [5.74, 6) is 1.95. The number of rotatable bonds is 3. The highest BCUT2D eigenvalue weighted by atomic mass is 16.1. The van der Waals surface area contributed by atoms with Gasteiger partial charge in [-0.25, -0.2) is 4.98 Å². The second-order valence-corrected chi connectivity index (χ2v) is 5.69. The molecule has 96 valence electrons. The molecule has 0 atom stereocenters. The molecule has 1 aromatic heterocycles. The van der Waals surface area contributed by atoms with Gasteiger partial charge in [-0.1, -0.05) is 18.2 Å². The van der Waals surface area contributed by atoms with Crippen molar-refractivity contribution in [1.29, 1.82) is 0 Å². The zero-order valence-electron chi connectivity index (χ0n) is 10.7. The molecule has 2 fully saturated rings. The molecule has 2 aromatic rings. The van der Waals surface area contributed by atoms with E-state index in [1.807, 2.05) is 6.07 Å². The molecule has 2 aliphatic rings. The van der Waals surface area contributed by atoms with Crippen LogP contribution < -0.4 is 5.56 Å². The first-order chi connectivity index (χ1) is 9.29. The van der Waals surface area contributed by atoms with Crippen molar-refractivity contribution in [2.45, 2.75) is 37.5 Å². The fourth-order valence-corrected chi connectivity index (χ4v) is 2.56. The van der Waals surface area contributed by atoms with E-state index < -0.39 is 0 Å². The summed E-state index contributed by atoms with van der Waals surface area (Å²) in [5, 5.41) is 0. The minimum atomic E-state index is -0.0382. The second-order valence-electron chi connectivity index (χ2n) is 5.69. The van der Waals surface area contributed by atoms with E-state index in [0.29, 0.717) is 5.92 Å². The van der Waals surface area contributed by atoms with Gasteiger partial charge in [-0.15, -0.1) is 0 Å². The zero-order chi connectivity index (χ0) is 12.8. The lowest BCUT2D eigenvalue weighted by atomic mass is 10.1. The Labute approximate surface area is 111 Å². The number of aromatic nitrogens is 2. The molecule has 4 rings (SSSR count). The predicted octanol–water partition coefficient (Wildman–Crippen LogP) is 3.19. The summed E-state index contributed by atoms with van der Waals surface area (Å²) < 4.78 is 0. The van der Waals surface area contributed by atoms with Crippen LogP contribution in [0.25, 0.3) is 11.4 Å². The Kier molecular flexibility index (Phi) is 2.34. The van der Waals surface area contributed by atoms with Crippen LogP contribution >= 0.6 is 0 Å². The number of H-pyrrole nitrogens is 1. The maximum Gasteiger partial charge on any atom is 0.251 e. The normalized spacial score (nSPS) is 18.5. The van der Waals surface area contributed by atoms with Crippen molar-refractivity contribution in [2.75, 3.05) is 0 Å². The lowest BCUT2D eigenvalue weighted by molar-refractivity contribution is 0.976. The molecule has 0 bridgehead atoms. The van der Waals surface area contributed by atoms with Gasteiger partial charge in [-0.2, -0.15) is 0 Å². The molecule has 3 nitrogen and oxygen atoms in total. The van der Waals surface area contributed by atoms with Gasteiger partial charge in [0.1, 0.15) is 5.82 Å². The minimum absolute atomic E-state index is 0.0382. The van der Waals surface area contributed by atoms with Crippen LogP contribution in [-0.4, -0.2) is 9.97 Å². The van der Waals surface area contributed by atoms with Gasteiger partial charge in [-0.05, 0) is 43.2 Å². The Balaban J connectivity index is 1.78. The first kappa shape index (κ1) is 11.0. The minimum Gasteiger partial charge on any atom is -0.307 e. The zero-order valence-corrected chi connectivity index (χ0v) is 10.7. The number of nitrogens with zero attached hydrogens (tertiary/aromatic N) is 1. The summed E-state index contributed by atoms with van der Waals surface area (Å²) in [6.07, 6.45) is 4.90. The van der Waals surface area contributed by atoms with Crippen molar-refractivity contribution in [3.63, 3.8) is 0 Å². The largest absolute Gasteiger partial charge is 0.307 e. The van der Waals surface area contributed by atoms with Gasteiger partial charge in [0.05, 0.1) is 5.69 Å². The van der Waals surface area contributed by atoms with E-state index in [0.717, 1.165) is 35.8 Å². The molecule has 1 heterocycles. The summed E-state index contributed by atoms with van der Waals surface area (Å²) in [7, 11) is 0. The third-order valence-corrected chi connectivity index (χ3v) is 3.97. The summed E-state index contributed by atoms with van der Waals surface area (Å²) in [6.45, 7) is 0. The van der Waals surface area contributed by atoms with E-state index in [1.165, 1.54) is 18.4 Å². The molecule has 1 N–H and O–H groups in total. The lowest BCUT2D eigenvalue weighted by Gasteiger charge is -2.05. The van der Waals surface area contributed by atoms with Gasteiger partial charge in [0, 0.05) is 17.5 Å². The molecule has 1 aromatic carbocycles. The van der Waals surface area contributed by atoms with Crippen LogP contribution in [0.3, 0.4) is 0 Å². The first-order valence-corrected chi connectivity index (χ1v) is 7.01. The topological polar surface area (TPSA) is 45.8 Å². The summed E-state index contributed by atoms with van der Waals surface area (Å²) in [5.41, 5.74) is 3.32. The number of hydrogen-bond donors (Lipinski definition) is 1. The van der Waals surface area contributed by atoms with Crippen molar-refractivity contribution in [1.82, 2.24) is 9.97 Å². The average molecular weight is 252 g/mol. The van der Waals surface area contributed by atoms with E-state index in [2.05, 4.69) is 28.2 Å². The molecule has 2 aliphatic carbocycles. The number of aromatic amines is 1. The molecule has 0 unspecified atom stereocenters. The first-order valence-electron chi connectivity index (χ1n) is 7.01. The van der Waals surface area contributed by atoms with Gasteiger partial charge in [0.15, 0.2) is 0 Å². The fourth-order valence-electron chi connectivity index (χ4n) is 2.56. The maximum atomic E-state index is 11.8. The van der Waals surface area contributed by atoms with Gasteiger partial charge >= 0.3 is 0 Å². The highest BCUT2D eigenvalue weighted by molar-refractivity contribution is 5.57. The molecule has 0 aliphatic heterocycles. The van der Waals surface area contributed by atoms with Crippen molar-refractivity contribution in [3.8, 4) is 11.4 Å². The SMILES string of the molecule is O=c1cc(C2CC2)nc(-c2cccc(C3CC3)c2)[nH]1. The molecule has 3 heteroatoms.